The molecular formula is C12H22N2S4. The third kappa shape index (κ3) is 6.59. The van der Waals surface area contributed by atoms with Crippen LogP contribution in [0.5, 0.6) is 0 Å². The molecule has 6 heteroatoms. The summed E-state index contributed by atoms with van der Waals surface area (Å²) in [5, 5.41) is 6.69. The highest BCUT2D eigenvalue weighted by Crippen LogP contribution is 2.28. The minimum absolute atomic E-state index is 0.763. The second kappa shape index (κ2) is 9.39. The van der Waals surface area contributed by atoms with Gasteiger partial charge in [-0.3, -0.25) is 0 Å². The first-order chi connectivity index (χ1) is 8.65. The lowest BCUT2D eigenvalue weighted by molar-refractivity contribution is 0.267. The van der Waals surface area contributed by atoms with Crippen molar-refractivity contribution in [3.05, 3.63) is 0 Å². The highest BCUT2D eigenvalue weighted by atomic mass is 32.2. The summed E-state index contributed by atoms with van der Waals surface area (Å²) in [5.41, 5.74) is 0. The van der Waals surface area contributed by atoms with Crippen molar-refractivity contribution in [1.82, 2.24) is 10.6 Å². The maximum Gasteiger partial charge on any atom is 0.133 e. The Morgan fingerprint density at radius 3 is 1.83 bits per heavy atom. The van der Waals surface area contributed by atoms with Crippen LogP contribution in [0.25, 0.3) is 0 Å². The van der Waals surface area contributed by atoms with Crippen molar-refractivity contribution in [2.45, 2.75) is 25.7 Å². The van der Waals surface area contributed by atoms with Gasteiger partial charge in [0.05, 0.1) is 0 Å². The topological polar surface area (TPSA) is 24.1 Å². The Labute approximate surface area is 130 Å². The molecule has 1 rings (SSSR count). The quantitative estimate of drug-likeness (QED) is 0.771. The molecule has 0 aromatic carbocycles. The zero-order chi connectivity index (χ0) is 13.4. The van der Waals surface area contributed by atoms with Crippen molar-refractivity contribution in [3.8, 4) is 0 Å². The van der Waals surface area contributed by atoms with E-state index >= 15 is 0 Å². The van der Waals surface area contributed by atoms with E-state index in [1.165, 1.54) is 25.7 Å². The Kier molecular flexibility index (Phi) is 8.63. The molecule has 0 heterocycles. The smallest absolute Gasteiger partial charge is 0.133 e. The molecule has 2 unspecified atom stereocenters. The fraction of sp³-hybridized carbons (Fsp3) is 0.833. The summed E-state index contributed by atoms with van der Waals surface area (Å²) in [6, 6.07) is 0. The lowest BCUT2D eigenvalue weighted by atomic mass is 9.81. The highest BCUT2D eigenvalue weighted by molar-refractivity contribution is 8.22. The number of nitrogens with one attached hydrogen (secondary N) is 2. The second-order valence-electron chi connectivity index (χ2n) is 4.64. The molecule has 18 heavy (non-hydrogen) atoms. The van der Waals surface area contributed by atoms with Gasteiger partial charge in [-0.1, -0.05) is 30.9 Å². The maximum absolute atomic E-state index is 5.17. The first kappa shape index (κ1) is 16.5. The van der Waals surface area contributed by atoms with E-state index in [9.17, 15) is 0 Å². The SMILES string of the molecule is CSC(=S)NCC1CCCC(CNC(=S)SC)C1. The van der Waals surface area contributed by atoms with E-state index in [-0.39, 0.29) is 0 Å². The predicted molar refractivity (Wildman–Crippen MR) is 93.7 cm³/mol. The largest absolute Gasteiger partial charge is 0.371 e. The zero-order valence-corrected chi connectivity index (χ0v) is 14.3. The van der Waals surface area contributed by atoms with Crippen LogP contribution in [0.1, 0.15) is 25.7 Å². The minimum Gasteiger partial charge on any atom is -0.371 e. The van der Waals surface area contributed by atoms with E-state index in [4.69, 9.17) is 24.4 Å². The van der Waals surface area contributed by atoms with E-state index in [1.807, 2.05) is 12.5 Å². The highest BCUT2D eigenvalue weighted by Gasteiger charge is 2.21. The Morgan fingerprint density at radius 1 is 1.00 bits per heavy atom. The molecule has 104 valence electrons. The van der Waals surface area contributed by atoms with Crippen molar-refractivity contribution >= 4 is 56.6 Å². The first-order valence-corrected chi connectivity index (χ1v) is 9.56. The van der Waals surface area contributed by atoms with E-state index in [2.05, 4.69) is 10.6 Å². The van der Waals surface area contributed by atoms with Crippen LogP contribution in [0.3, 0.4) is 0 Å². The summed E-state index contributed by atoms with van der Waals surface area (Å²) in [4.78, 5) is 0. The molecule has 1 saturated carbocycles. The van der Waals surface area contributed by atoms with Crippen molar-refractivity contribution in [2.24, 2.45) is 11.8 Å². The molecule has 0 aliphatic heterocycles. The monoisotopic (exact) mass is 322 g/mol. The van der Waals surface area contributed by atoms with Gasteiger partial charge in [0.15, 0.2) is 0 Å². The summed E-state index contributed by atoms with van der Waals surface area (Å²) >= 11 is 13.6. The summed E-state index contributed by atoms with van der Waals surface area (Å²) in [6.45, 7) is 2.06. The van der Waals surface area contributed by atoms with Gasteiger partial charge in [0.1, 0.15) is 8.64 Å². The van der Waals surface area contributed by atoms with Gasteiger partial charge in [-0.2, -0.15) is 0 Å². The normalized spacial score (nSPS) is 23.4. The molecule has 0 radical (unpaired) electrons. The molecule has 0 spiro atoms. The number of thioether (sulfide) groups is 2. The van der Waals surface area contributed by atoms with Gasteiger partial charge in [-0.05, 0) is 43.6 Å². The van der Waals surface area contributed by atoms with Crippen molar-refractivity contribution in [2.75, 3.05) is 25.6 Å². The zero-order valence-electron chi connectivity index (χ0n) is 11.0. The average molecular weight is 323 g/mol. The molecule has 2 N–H and O–H groups in total. The molecule has 2 atom stereocenters. The van der Waals surface area contributed by atoms with Crippen LogP contribution < -0.4 is 10.6 Å². The van der Waals surface area contributed by atoms with Crippen LogP contribution in [0.4, 0.5) is 0 Å². The summed E-state index contributed by atoms with van der Waals surface area (Å²) in [7, 11) is 0. The van der Waals surface area contributed by atoms with E-state index in [0.29, 0.717) is 0 Å². The second-order valence-corrected chi connectivity index (χ2v) is 7.61. The number of hydrogen-bond acceptors (Lipinski definition) is 4. The van der Waals surface area contributed by atoms with Crippen molar-refractivity contribution in [1.29, 1.82) is 0 Å². The molecule has 0 aromatic heterocycles. The molecule has 1 fully saturated rings. The first-order valence-electron chi connectivity index (χ1n) is 6.29. The van der Waals surface area contributed by atoms with Crippen LogP contribution >= 0.6 is 48.0 Å². The van der Waals surface area contributed by atoms with Gasteiger partial charge < -0.3 is 10.6 Å². The fourth-order valence-corrected chi connectivity index (χ4v) is 2.99. The lowest BCUT2D eigenvalue weighted by Crippen LogP contribution is -2.33. The third-order valence-corrected chi connectivity index (χ3v) is 5.65. The third-order valence-electron chi connectivity index (χ3n) is 3.33. The molecule has 0 aromatic rings. The summed E-state index contributed by atoms with van der Waals surface area (Å²) < 4.78 is 1.83. The van der Waals surface area contributed by atoms with Crippen LogP contribution in [0, 0.1) is 11.8 Å². The van der Waals surface area contributed by atoms with Crippen molar-refractivity contribution < 1.29 is 0 Å². The van der Waals surface area contributed by atoms with Crippen LogP contribution in [0.15, 0.2) is 0 Å². The Morgan fingerprint density at radius 2 is 1.44 bits per heavy atom. The molecule has 0 saturated heterocycles. The number of thiocarbonyl (C=S) groups is 2. The Bertz CT molecular complexity index is 257. The molecular weight excluding hydrogens is 300 g/mol. The molecule has 2 nitrogen and oxygen atoms in total. The number of hydrogen-bond donors (Lipinski definition) is 2. The molecule has 1 aliphatic carbocycles. The van der Waals surface area contributed by atoms with E-state index in [1.54, 1.807) is 23.5 Å². The van der Waals surface area contributed by atoms with Gasteiger partial charge in [-0.15, -0.1) is 23.5 Å². The Hall–Kier alpha value is 0.480. The molecule has 0 bridgehead atoms. The molecule has 1 aliphatic rings. The average Bonchev–Trinajstić information content (AvgIpc) is 2.42. The van der Waals surface area contributed by atoms with Crippen LogP contribution in [-0.4, -0.2) is 34.2 Å². The van der Waals surface area contributed by atoms with Gasteiger partial charge in [0.2, 0.25) is 0 Å². The van der Waals surface area contributed by atoms with Gasteiger partial charge >= 0.3 is 0 Å². The number of rotatable bonds is 4. The predicted octanol–water partition coefficient (Wildman–Crippen LogP) is 3.27. The molecule has 0 amide bonds. The standard InChI is InChI=1S/C12H22N2S4/c1-17-11(15)13-7-9-4-3-5-10(6-9)8-14-12(16)18-2/h9-10H,3-8H2,1-2H3,(H,13,15)(H,14,16). The minimum atomic E-state index is 0.763. The summed E-state index contributed by atoms with van der Waals surface area (Å²) in [5.74, 6) is 1.53. The van der Waals surface area contributed by atoms with Crippen LogP contribution in [-0.2, 0) is 0 Å². The fourth-order valence-electron chi connectivity index (χ4n) is 2.37. The maximum atomic E-state index is 5.17. The van der Waals surface area contributed by atoms with Gasteiger partial charge in [0.25, 0.3) is 0 Å². The van der Waals surface area contributed by atoms with E-state index in [0.717, 1.165) is 33.6 Å². The van der Waals surface area contributed by atoms with Gasteiger partial charge in [0, 0.05) is 13.1 Å². The summed E-state index contributed by atoms with van der Waals surface area (Å²) in [6.07, 6.45) is 9.31. The Balaban J connectivity index is 2.23. The van der Waals surface area contributed by atoms with Gasteiger partial charge in [-0.25, -0.2) is 0 Å². The van der Waals surface area contributed by atoms with Crippen LogP contribution in [0.2, 0.25) is 0 Å². The van der Waals surface area contributed by atoms with Crippen molar-refractivity contribution in [3.63, 3.8) is 0 Å². The van der Waals surface area contributed by atoms with E-state index < -0.39 is 0 Å². The lowest BCUT2D eigenvalue weighted by Gasteiger charge is -2.29.